The van der Waals surface area contributed by atoms with Crippen LogP contribution in [-0.2, 0) is 18.4 Å². The zero-order valence-corrected chi connectivity index (χ0v) is 13.5. The Bertz CT molecular complexity index is 935. The topological polar surface area (TPSA) is 81.8 Å². The lowest BCUT2D eigenvalue weighted by atomic mass is 10.0. The lowest BCUT2D eigenvalue weighted by molar-refractivity contribution is -0.122. The summed E-state index contributed by atoms with van der Waals surface area (Å²) in [5, 5.41) is 6.64. The molecular weight excluding hydrogens is 325 g/mol. The van der Waals surface area contributed by atoms with Crippen LogP contribution in [0, 0.1) is 5.82 Å². The van der Waals surface area contributed by atoms with Crippen molar-refractivity contribution in [2.24, 2.45) is 7.05 Å². The van der Waals surface area contributed by atoms with Gasteiger partial charge in [-0.1, -0.05) is 18.2 Å². The first-order valence-corrected chi connectivity index (χ1v) is 7.59. The fourth-order valence-electron chi connectivity index (χ4n) is 2.43. The highest BCUT2D eigenvalue weighted by Gasteiger charge is 2.19. The predicted molar refractivity (Wildman–Crippen MR) is 88.1 cm³/mol. The Morgan fingerprint density at radius 3 is 2.76 bits per heavy atom. The third kappa shape index (κ3) is 3.79. The molecule has 25 heavy (non-hydrogen) atoms. The number of nitrogens with one attached hydrogen (secondary N) is 1. The van der Waals surface area contributed by atoms with E-state index < -0.39 is 23.5 Å². The number of pyridine rings is 1. The van der Waals surface area contributed by atoms with E-state index in [1.54, 1.807) is 43.6 Å². The molecule has 1 aromatic carbocycles. The van der Waals surface area contributed by atoms with E-state index in [0.717, 1.165) is 4.68 Å². The Labute approximate surface area is 142 Å². The molecule has 0 saturated heterocycles. The summed E-state index contributed by atoms with van der Waals surface area (Å²) >= 11 is 0. The molecule has 8 heteroatoms. The maximum Gasteiger partial charge on any atom is 0.345 e. The second-order valence-corrected chi connectivity index (χ2v) is 5.49. The number of benzene rings is 1. The van der Waals surface area contributed by atoms with E-state index in [2.05, 4.69) is 15.4 Å². The molecule has 0 unspecified atom stereocenters. The van der Waals surface area contributed by atoms with Crippen LogP contribution in [-0.4, -0.2) is 25.2 Å². The van der Waals surface area contributed by atoms with Crippen molar-refractivity contribution < 1.29 is 9.18 Å². The van der Waals surface area contributed by atoms with Gasteiger partial charge in [-0.3, -0.25) is 14.3 Å². The predicted octanol–water partition coefficient (Wildman–Crippen LogP) is 1.02. The zero-order valence-electron chi connectivity index (χ0n) is 13.5. The Balaban J connectivity index is 1.86. The number of rotatable bonds is 5. The van der Waals surface area contributed by atoms with Gasteiger partial charge in [0.2, 0.25) is 5.91 Å². The average molecular weight is 341 g/mol. The summed E-state index contributed by atoms with van der Waals surface area (Å²) in [6, 6.07) is 10.6. The summed E-state index contributed by atoms with van der Waals surface area (Å²) < 4.78 is 15.9. The molecule has 1 amide bonds. The Kier molecular flexibility index (Phi) is 4.69. The van der Waals surface area contributed by atoms with Crippen molar-refractivity contribution in [3.63, 3.8) is 0 Å². The third-order valence-corrected chi connectivity index (χ3v) is 3.65. The molecule has 2 heterocycles. The van der Waals surface area contributed by atoms with Crippen LogP contribution in [0.25, 0.3) is 0 Å². The van der Waals surface area contributed by atoms with Gasteiger partial charge in [0.1, 0.15) is 18.7 Å². The lowest BCUT2D eigenvalue weighted by Crippen LogP contribution is -2.36. The summed E-state index contributed by atoms with van der Waals surface area (Å²) in [6.07, 6.45) is 2.93. The number of hydrogen-bond acceptors (Lipinski definition) is 4. The number of carbonyl (C=O) groups excluding carboxylic acids is 1. The van der Waals surface area contributed by atoms with Crippen LogP contribution in [0.4, 0.5) is 4.39 Å². The van der Waals surface area contributed by atoms with Gasteiger partial charge in [0.05, 0.1) is 11.7 Å². The van der Waals surface area contributed by atoms with Crippen LogP contribution < -0.4 is 11.0 Å². The van der Waals surface area contributed by atoms with Gasteiger partial charge in [-0.2, -0.15) is 5.10 Å². The molecule has 3 rings (SSSR count). The van der Waals surface area contributed by atoms with E-state index in [0.29, 0.717) is 11.3 Å². The average Bonchev–Trinajstić information content (AvgIpc) is 2.92. The molecule has 1 atom stereocenters. The number of carbonyl (C=O) groups is 1. The van der Waals surface area contributed by atoms with Crippen LogP contribution >= 0.6 is 0 Å². The van der Waals surface area contributed by atoms with E-state index >= 15 is 0 Å². The Morgan fingerprint density at radius 1 is 1.28 bits per heavy atom. The van der Waals surface area contributed by atoms with Gasteiger partial charge in [-0.05, 0) is 29.8 Å². The van der Waals surface area contributed by atoms with Crippen LogP contribution in [0.2, 0.25) is 0 Å². The minimum atomic E-state index is -0.635. The molecule has 0 fully saturated rings. The molecule has 0 bridgehead atoms. The van der Waals surface area contributed by atoms with E-state index in [4.69, 9.17) is 0 Å². The van der Waals surface area contributed by atoms with Gasteiger partial charge < -0.3 is 5.32 Å². The molecule has 0 saturated carbocycles. The fourth-order valence-corrected chi connectivity index (χ4v) is 2.43. The first kappa shape index (κ1) is 16.6. The van der Waals surface area contributed by atoms with E-state index in [-0.39, 0.29) is 6.54 Å². The van der Waals surface area contributed by atoms with Gasteiger partial charge in [-0.25, -0.2) is 13.9 Å². The van der Waals surface area contributed by atoms with Crippen molar-refractivity contribution in [3.8, 4) is 0 Å². The molecule has 3 aromatic rings. The van der Waals surface area contributed by atoms with Crippen molar-refractivity contribution in [2.45, 2.75) is 12.6 Å². The number of nitrogens with zero attached hydrogens (tertiary/aromatic N) is 4. The number of aromatic nitrogens is 4. The molecule has 0 aliphatic heterocycles. The smallest absolute Gasteiger partial charge is 0.342 e. The van der Waals surface area contributed by atoms with Crippen LogP contribution in [0.3, 0.4) is 0 Å². The van der Waals surface area contributed by atoms with Crippen molar-refractivity contribution in [1.29, 1.82) is 0 Å². The van der Waals surface area contributed by atoms with E-state index in [9.17, 15) is 14.0 Å². The normalized spacial score (nSPS) is 11.9. The van der Waals surface area contributed by atoms with Crippen molar-refractivity contribution in [3.05, 3.63) is 82.5 Å². The van der Waals surface area contributed by atoms with Gasteiger partial charge in [0.25, 0.3) is 0 Å². The van der Waals surface area contributed by atoms with E-state index in [1.165, 1.54) is 23.0 Å². The minimum absolute atomic E-state index is 0.238. The quantitative estimate of drug-likeness (QED) is 0.751. The second-order valence-electron chi connectivity index (χ2n) is 5.49. The molecule has 0 aliphatic rings. The number of amides is 1. The third-order valence-electron chi connectivity index (χ3n) is 3.65. The summed E-state index contributed by atoms with van der Waals surface area (Å²) in [6.45, 7) is -0.238. The fraction of sp³-hybridized carbons (Fsp3) is 0.176. The largest absolute Gasteiger partial charge is 0.345 e. The standard InChI is InChI=1S/C17H16FN5O2/c1-22-11-20-23(17(22)25)10-15(24)21-16(14-7-2-3-8-19-14)12-5-4-6-13(18)9-12/h2-9,11,16H,10H2,1H3,(H,21,24)/t16-/m1/s1. The summed E-state index contributed by atoms with van der Waals surface area (Å²) in [5.41, 5.74) is 0.727. The summed E-state index contributed by atoms with van der Waals surface area (Å²) in [5.74, 6) is -0.839. The molecular formula is C17H16FN5O2. The first-order valence-electron chi connectivity index (χ1n) is 7.59. The SMILES string of the molecule is Cn1cnn(CC(=O)N[C@H](c2cccc(F)c2)c2ccccn2)c1=O. The van der Waals surface area contributed by atoms with Crippen molar-refractivity contribution >= 4 is 5.91 Å². The van der Waals surface area contributed by atoms with Crippen LogP contribution in [0.1, 0.15) is 17.3 Å². The minimum Gasteiger partial charge on any atom is -0.342 e. The maximum atomic E-state index is 13.6. The summed E-state index contributed by atoms with van der Waals surface area (Å²) in [7, 11) is 1.55. The number of halogens is 1. The van der Waals surface area contributed by atoms with Gasteiger partial charge in [-0.15, -0.1) is 0 Å². The van der Waals surface area contributed by atoms with Crippen LogP contribution in [0.5, 0.6) is 0 Å². The Morgan fingerprint density at radius 2 is 2.12 bits per heavy atom. The maximum absolute atomic E-state index is 13.6. The Hall–Kier alpha value is -3.29. The first-order chi connectivity index (χ1) is 12.0. The molecule has 7 nitrogen and oxygen atoms in total. The monoisotopic (exact) mass is 341 g/mol. The zero-order chi connectivity index (χ0) is 17.8. The van der Waals surface area contributed by atoms with Crippen molar-refractivity contribution in [2.75, 3.05) is 0 Å². The highest BCUT2D eigenvalue weighted by atomic mass is 19.1. The molecule has 128 valence electrons. The molecule has 1 N–H and O–H groups in total. The number of hydrogen-bond donors (Lipinski definition) is 1. The second kappa shape index (κ2) is 7.08. The summed E-state index contributed by atoms with van der Waals surface area (Å²) in [4.78, 5) is 28.4. The van der Waals surface area contributed by atoms with Crippen LogP contribution in [0.15, 0.2) is 59.8 Å². The van der Waals surface area contributed by atoms with Gasteiger partial charge in [0, 0.05) is 13.2 Å². The highest BCUT2D eigenvalue weighted by molar-refractivity contribution is 5.76. The number of aryl methyl sites for hydroxylation is 1. The molecule has 0 radical (unpaired) electrons. The molecule has 2 aromatic heterocycles. The highest BCUT2D eigenvalue weighted by Crippen LogP contribution is 2.20. The molecule has 0 aliphatic carbocycles. The lowest BCUT2D eigenvalue weighted by Gasteiger charge is -2.19. The van der Waals surface area contributed by atoms with E-state index in [1.807, 2.05) is 0 Å². The molecule has 0 spiro atoms. The van der Waals surface area contributed by atoms with Gasteiger partial charge >= 0.3 is 5.69 Å². The van der Waals surface area contributed by atoms with Gasteiger partial charge in [0.15, 0.2) is 0 Å². The van der Waals surface area contributed by atoms with Crippen molar-refractivity contribution in [1.82, 2.24) is 24.6 Å².